The van der Waals surface area contributed by atoms with E-state index in [1.165, 1.54) is 21.8 Å². The quantitative estimate of drug-likeness (QED) is 0.129. The molecule has 0 saturated carbocycles. The number of nitrogens with zero attached hydrogens (tertiary/aromatic N) is 6. The van der Waals surface area contributed by atoms with Crippen molar-refractivity contribution in [3.8, 4) is 0 Å². The molecule has 3 fully saturated rings. The molecule has 248 valence electrons. The van der Waals surface area contributed by atoms with Gasteiger partial charge in [0.05, 0.1) is 25.9 Å². The molecule has 4 aromatic rings. The summed E-state index contributed by atoms with van der Waals surface area (Å²) in [4.78, 5) is 45.3. The summed E-state index contributed by atoms with van der Waals surface area (Å²) in [6.07, 6.45) is -8.43. The van der Waals surface area contributed by atoms with Gasteiger partial charge in [-0.25, -0.2) is 9.97 Å². The molecule has 10 atom stereocenters. The predicted molar refractivity (Wildman–Crippen MR) is 154 cm³/mol. The highest BCUT2D eigenvalue weighted by molar-refractivity contribution is 7.53. The Morgan fingerprint density at radius 2 is 1.17 bits per heavy atom. The SMILES string of the molecule is CP1(=O)OC[C@H]2O[C@@H](n3cnc4c(=O)[nH]c(N)nc43)C(O)[C@H]2OP(C)(=O)OC[C@@H]2O[C@@H](n3cnc4c(=O)[nH]c(N)nc43)C(O)[C@H]2O1. The summed E-state index contributed by atoms with van der Waals surface area (Å²) in [7, 11) is -8.07. The Morgan fingerprint density at radius 1 is 0.783 bits per heavy atom. The minimum Gasteiger partial charge on any atom is -0.386 e. The van der Waals surface area contributed by atoms with E-state index in [0.717, 1.165) is 13.3 Å². The number of hydrogen-bond donors (Lipinski definition) is 6. The number of ether oxygens (including phenoxy) is 2. The number of aromatic amines is 2. The first-order valence-electron chi connectivity index (χ1n) is 13.6. The fourth-order valence-corrected chi connectivity index (χ4v) is 7.97. The zero-order valence-electron chi connectivity index (χ0n) is 23.9. The highest BCUT2D eigenvalue weighted by Gasteiger charge is 2.53. The molecule has 0 aliphatic carbocycles. The van der Waals surface area contributed by atoms with Crippen LogP contribution in [0.15, 0.2) is 22.2 Å². The normalized spacial score (nSPS) is 37.1. The third-order valence-electron chi connectivity index (χ3n) is 7.64. The van der Waals surface area contributed by atoms with Gasteiger partial charge in [0.1, 0.15) is 36.6 Å². The van der Waals surface area contributed by atoms with E-state index in [4.69, 9.17) is 39.0 Å². The van der Waals surface area contributed by atoms with E-state index in [1.54, 1.807) is 0 Å². The summed E-state index contributed by atoms with van der Waals surface area (Å²) in [5.41, 5.74) is 9.95. The number of imidazole rings is 2. The second kappa shape index (κ2) is 11.0. The Morgan fingerprint density at radius 3 is 1.57 bits per heavy atom. The number of fused-ring (bicyclic) bond motifs is 4. The molecule has 0 radical (unpaired) electrons. The number of H-pyrrole nitrogens is 2. The molecule has 0 spiro atoms. The van der Waals surface area contributed by atoms with Crippen LogP contribution in [0.5, 0.6) is 0 Å². The van der Waals surface area contributed by atoms with Gasteiger partial charge in [0.15, 0.2) is 34.8 Å². The molecule has 7 rings (SSSR count). The van der Waals surface area contributed by atoms with E-state index in [9.17, 15) is 28.9 Å². The lowest BCUT2D eigenvalue weighted by Crippen LogP contribution is -2.39. The summed E-state index contributed by atoms with van der Waals surface area (Å²) in [6.45, 7) is 1.28. The van der Waals surface area contributed by atoms with Gasteiger partial charge in [-0.2, -0.15) is 9.97 Å². The first-order chi connectivity index (χ1) is 21.7. The summed E-state index contributed by atoms with van der Waals surface area (Å²) in [5.74, 6) is -0.415. The molecule has 4 unspecified atom stereocenters. The van der Waals surface area contributed by atoms with Gasteiger partial charge in [-0.1, -0.05) is 0 Å². The third kappa shape index (κ3) is 5.35. The molecule has 22 nitrogen and oxygen atoms in total. The van der Waals surface area contributed by atoms with Crippen LogP contribution in [-0.4, -0.2) is 112 Å². The Balaban J connectivity index is 1.18. The van der Waals surface area contributed by atoms with Crippen LogP contribution >= 0.6 is 15.2 Å². The summed E-state index contributed by atoms with van der Waals surface area (Å²) in [5, 5.41) is 22.6. The molecule has 7 heterocycles. The van der Waals surface area contributed by atoms with E-state index < -0.39 is 88.6 Å². The minimum absolute atomic E-state index is 0.00866. The van der Waals surface area contributed by atoms with Crippen molar-refractivity contribution in [3.63, 3.8) is 0 Å². The maximum Gasteiger partial charge on any atom is 0.328 e. The minimum atomic E-state index is -4.04. The van der Waals surface area contributed by atoms with Gasteiger partial charge in [-0.15, -0.1) is 0 Å². The molecule has 3 aliphatic heterocycles. The molecule has 3 aliphatic rings. The van der Waals surface area contributed by atoms with Gasteiger partial charge in [-0.3, -0.25) is 46.9 Å². The Kier molecular flexibility index (Phi) is 7.44. The predicted octanol–water partition coefficient (Wildman–Crippen LogP) is -1.60. The summed E-state index contributed by atoms with van der Waals surface area (Å²) >= 11 is 0. The number of aliphatic hydroxyl groups is 2. The lowest BCUT2D eigenvalue weighted by Gasteiger charge is -2.29. The number of hydrogen-bond acceptors (Lipinski definition) is 18. The molecule has 0 bridgehead atoms. The van der Waals surface area contributed by atoms with Gasteiger partial charge in [-0.05, 0) is 0 Å². The number of aromatic nitrogens is 8. The van der Waals surface area contributed by atoms with Crippen LogP contribution in [0.25, 0.3) is 22.3 Å². The van der Waals surface area contributed by atoms with E-state index in [2.05, 4.69) is 29.9 Å². The van der Waals surface area contributed by atoms with E-state index >= 15 is 0 Å². The van der Waals surface area contributed by atoms with Crippen molar-refractivity contribution in [2.24, 2.45) is 0 Å². The zero-order valence-corrected chi connectivity index (χ0v) is 25.7. The Hall–Kier alpha value is -3.56. The van der Waals surface area contributed by atoms with Gasteiger partial charge in [0.25, 0.3) is 11.1 Å². The highest BCUT2D eigenvalue weighted by atomic mass is 31.2. The van der Waals surface area contributed by atoms with Crippen molar-refractivity contribution in [1.82, 2.24) is 39.0 Å². The lowest BCUT2D eigenvalue weighted by molar-refractivity contribution is -0.0578. The number of nitrogens with one attached hydrogen (secondary N) is 2. The van der Waals surface area contributed by atoms with Crippen LogP contribution in [0, 0.1) is 0 Å². The van der Waals surface area contributed by atoms with Crippen LogP contribution < -0.4 is 22.6 Å². The largest absolute Gasteiger partial charge is 0.386 e. The highest BCUT2D eigenvalue weighted by Crippen LogP contribution is 2.54. The number of anilines is 2. The standard InChI is InChI=1S/C22H28N10O12P2/c1-45(37)39-3-7-14(12(34)20(41-7)32-6-26-10-16(32)28-22(24)30-18(10)36)44-46(2,38)40-4-8-13(43-45)11(33)19(42-8)31-5-25-9-15(31)27-21(23)29-17(9)35/h5-8,11-14,19-20,33-34H,3-4H2,1-2H3,(H3,23,27,29,35)(H3,24,28,30,36)/t7-,8+,11?,12?,13-,14-,19+,20+,45?,46?/m0/s1. The molecule has 4 aromatic heterocycles. The van der Waals surface area contributed by atoms with Crippen molar-refractivity contribution in [1.29, 1.82) is 0 Å². The second-order valence-electron chi connectivity index (χ2n) is 10.9. The molecule has 0 aromatic carbocycles. The molecule has 0 amide bonds. The molecule has 46 heavy (non-hydrogen) atoms. The van der Waals surface area contributed by atoms with Gasteiger partial charge in [0, 0.05) is 13.3 Å². The smallest absolute Gasteiger partial charge is 0.328 e. The van der Waals surface area contributed by atoms with Crippen LogP contribution in [0.3, 0.4) is 0 Å². The summed E-state index contributed by atoms with van der Waals surface area (Å²) in [6, 6.07) is 0. The average molecular weight is 686 g/mol. The second-order valence-corrected chi connectivity index (χ2v) is 15.0. The monoisotopic (exact) mass is 686 g/mol. The van der Waals surface area contributed by atoms with Crippen LogP contribution in [-0.2, 0) is 36.7 Å². The Labute approximate surface area is 256 Å². The van der Waals surface area contributed by atoms with Crippen molar-refractivity contribution in [2.75, 3.05) is 38.0 Å². The number of rotatable bonds is 2. The van der Waals surface area contributed by atoms with Gasteiger partial charge >= 0.3 is 15.2 Å². The van der Waals surface area contributed by atoms with Crippen molar-refractivity contribution < 1.29 is 46.9 Å². The third-order valence-corrected chi connectivity index (χ3v) is 10.1. The van der Waals surface area contributed by atoms with Crippen LogP contribution in [0.4, 0.5) is 11.9 Å². The fourth-order valence-electron chi connectivity index (χ4n) is 5.61. The number of nitrogens with two attached hydrogens (primary N) is 2. The van der Waals surface area contributed by atoms with Gasteiger partial charge < -0.3 is 40.2 Å². The topological polar surface area (TPSA) is 309 Å². The lowest BCUT2D eigenvalue weighted by atomic mass is 10.1. The molecule has 3 saturated heterocycles. The maximum atomic E-state index is 13.6. The Bertz CT molecular complexity index is 1900. The van der Waals surface area contributed by atoms with E-state index in [-0.39, 0.29) is 34.2 Å². The average Bonchev–Trinajstić information content (AvgIpc) is 3.72. The number of aliphatic hydroxyl groups excluding tert-OH is 2. The summed E-state index contributed by atoms with van der Waals surface area (Å²) < 4.78 is 64.4. The van der Waals surface area contributed by atoms with Crippen molar-refractivity contribution >= 4 is 49.4 Å². The molecule has 24 heteroatoms. The van der Waals surface area contributed by atoms with E-state index in [1.807, 2.05) is 0 Å². The van der Waals surface area contributed by atoms with E-state index in [0.29, 0.717) is 0 Å². The first kappa shape index (κ1) is 31.1. The molecular weight excluding hydrogens is 658 g/mol. The number of nitrogen functional groups attached to an aromatic ring is 2. The van der Waals surface area contributed by atoms with Crippen molar-refractivity contribution in [3.05, 3.63) is 33.4 Å². The van der Waals surface area contributed by atoms with Crippen LogP contribution in [0.1, 0.15) is 12.5 Å². The van der Waals surface area contributed by atoms with Crippen molar-refractivity contribution in [2.45, 2.75) is 49.1 Å². The maximum absolute atomic E-state index is 13.6. The van der Waals surface area contributed by atoms with Crippen LogP contribution in [0.2, 0.25) is 0 Å². The fraction of sp³-hybridized carbons (Fsp3) is 0.545. The zero-order chi connectivity index (χ0) is 32.7. The molecule has 8 N–H and O–H groups in total. The molecular formula is C22H28N10O12P2. The van der Waals surface area contributed by atoms with Gasteiger partial charge in [0.2, 0.25) is 11.9 Å². The first-order valence-corrected chi connectivity index (χ1v) is 17.6.